The maximum Gasteiger partial charge on any atom is 0.334 e. The van der Waals surface area contributed by atoms with Gasteiger partial charge in [-0.05, 0) is 18.2 Å². The van der Waals surface area contributed by atoms with E-state index >= 15 is 0 Å². The summed E-state index contributed by atoms with van der Waals surface area (Å²) in [6, 6.07) is 7.04. The highest BCUT2D eigenvalue weighted by molar-refractivity contribution is 6.32. The number of carboxylic acids is 1. The molecule has 1 aliphatic rings. The molecule has 1 aromatic rings. The van der Waals surface area contributed by atoms with Crippen molar-refractivity contribution in [3.05, 3.63) is 28.8 Å². The number of carbonyl (C=O) groups is 1. The summed E-state index contributed by atoms with van der Waals surface area (Å²) in [4.78, 5) is 12.8. The predicted molar refractivity (Wildman–Crippen MR) is 65.8 cm³/mol. The summed E-state index contributed by atoms with van der Waals surface area (Å²) >= 11 is 5.95. The van der Waals surface area contributed by atoms with E-state index in [1.165, 1.54) is 0 Å². The van der Waals surface area contributed by atoms with Gasteiger partial charge in [-0.25, -0.2) is 4.79 Å². The van der Waals surface area contributed by atoms with Crippen LogP contribution in [0.4, 0.5) is 5.69 Å². The summed E-state index contributed by atoms with van der Waals surface area (Å²) < 4.78 is 5.14. The van der Waals surface area contributed by atoms with Crippen molar-refractivity contribution >= 4 is 23.3 Å². The van der Waals surface area contributed by atoms with Crippen LogP contribution in [0.25, 0.3) is 0 Å². The molecule has 0 bridgehead atoms. The first kappa shape index (κ1) is 12.7. The minimum Gasteiger partial charge on any atom is -0.479 e. The molecule has 1 unspecified atom stereocenters. The van der Waals surface area contributed by atoms with Crippen LogP contribution >= 0.6 is 11.6 Å². The summed E-state index contributed by atoms with van der Waals surface area (Å²) in [5, 5.41) is 18.1. The number of ether oxygens (including phenoxy) is 1. The Hall–Kier alpha value is -1.77. The lowest BCUT2D eigenvalue weighted by molar-refractivity contribution is -0.150. The molecule has 0 radical (unpaired) electrons. The summed E-state index contributed by atoms with van der Waals surface area (Å²) in [5.74, 6) is -0.973. The Labute approximate surface area is 109 Å². The quantitative estimate of drug-likeness (QED) is 0.878. The molecule has 1 aliphatic heterocycles. The van der Waals surface area contributed by atoms with Gasteiger partial charge in [0, 0.05) is 12.2 Å². The third-order valence-corrected chi connectivity index (χ3v) is 3.09. The number of benzene rings is 1. The highest BCUT2D eigenvalue weighted by Gasteiger charge is 2.26. The van der Waals surface area contributed by atoms with Gasteiger partial charge in [0.15, 0.2) is 6.10 Å². The lowest BCUT2D eigenvalue weighted by atomic mass is 10.2. The maximum absolute atomic E-state index is 10.9. The second kappa shape index (κ2) is 5.25. The Morgan fingerprint density at radius 2 is 2.39 bits per heavy atom. The number of rotatable bonds is 2. The lowest BCUT2D eigenvalue weighted by Gasteiger charge is -2.32. The molecule has 0 aliphatic carbocycles. The molecule has 5 nitrogen and oxygen atoms in total. The summed E-state index contributed by atoms with van der Waals surface area (Å²) in [6.07, 6.45) is -0.826. The molecule has 0 spiro atoms. The van der Waals surface area contributed by atoms with E-state index in [1.807, 2.05) is 11.0 Å². The molecule has 2 rings (SSSR count). The van der Waals surface area contributed by atoms with Crippen molar-refractivity contribution in [2.45, 2.75) is 6.10 Å². The molecule has 0 saturated carbocycles. The molecule has 1 heterocycles. The molecule has 1 aromatic carbocycles. The minimum atomic E-state index is -0.973. The van der Waals surface area contributed by atoms with E-state index in [1.54, 1.807) is 18.2 Å². The Morgan fingerprint density at radius 3 is 3.00 bits per heavy atom. The van der Waals surface area contributed by atoms with E-state index in [-0.39, 0.29) is 6.54 Å². The lowest BCUT2D eigenvalue weighted by Crippen LogP contribution is -2.46. The van der Waals surface area contributed by atoms with Crippen LogP contribution in [0.2, 0.25) is 5.02 Å². The van der Waals surface area contributed by atoms with Crippen molar-refractivity contribution in [2.75, 3.05) is 24.6 Å². The van der Waals surface area contributed by atoms with Crippen molar-refractivity contribution in [3.8, 4) is 6.07 Å². The van der Waals surface area contributed by atoms with Crippen molar-refractivity contribution in [1.29, 1.82) is 5.26 Å². The van der Waals surface area contributed by atoms with E-state index in [0.717, 1.165) is 5.69 Å². The number of hydrogen-bond acceptors (Lipinski definition) is 4. The van der Waals surface area contributed by atoms with E-state index in [4.69, 9.17) is 26.7 Å². The van der Waals surface area contributed by atoms with Crippen LogP contribution in [0, 0.1) is 11.3 Å². The number of halogens is 1. The second-order valence-electron chi connectivity index (χ2n) is 3.92. The van der Waals surface area contributed by atoms with E-state index in [0.29, 0.717) is 23.7 Å². The monoisotopic (exact) mass is 266 g/mol. The van der Waals surface area contributed by atoms with Gasteiger partial charge in [-0.1, -0.05) is 11.6 Å². The van der Waals surface area contributed by atoms with Gasteiger partial charge in [-0.2, -0.15) is 5.26 Å². The topological polar surface area (TPSA) is 73.6 Å². The summed E-state index contributed by atoms with van der Waals surface area (Å²) in [6.45, 7) is 1.23. The van der Waals surface area contributed by atoms with Gasteiger partial charge in [0.05, 0.1) is 23.7 Å². The average molecular weight is 267 g/mol. The first-order chi connectivity index (χ1) is 8.61. The molecule has 1 saturated heterocycles. The standard InChI is InChI=1S/C12H11ClN2O3/c13-10-5-9(2-1-8(10)6-14)15-3-4-18-11(7-15)12(16)17/h1-2,5,11H,3-4,7H2,(H,16,17). The molecule has 6 heteroatoms. The van der Waals surface area contributed by atoms with Crippen LogP contribution in [0.3, 0.4) is 0 Å². The summed E-state index contributed by atoms with van der Waals surface area (Å²) in [7, 11) is 0. The fourth-order valence-electron chi connectivity index (χ4n) is 1.82. The predicted octanol–water partition coefficient (Wildman–Crippen LogP) is 1.50. The number of carboxylic acid groups (broad SMARTS) is 1. The Kier molecular flexibility index (Phi) is 3.70. The molecule has 1 fully saturated rings. The van der Waals surface area contributed by atoms with Crippen LogP contribution in [0.1, 0.15) is 5.56 Å². The molecule has 94 valence electrons. The van der Waals surface area contributed by atoms with Gasteiger partial charge >= 0.3 is 5.97 Å². The Morgan fingerprint density at radius 1 is 1.61 bits per heavy atom. The molecular weight excluding hydrogens is 256 g/mol. The fraction of sp³-hybridized carbons (Fsp3) is 0.333. The number of aliphatic carboxylic acids is 1. The maximum atomic E-state index is 10.9. The van der Waals surface area contributed by atoms with Gasteiger partial charge in [0.2, 0.25) is 0 Å². The number of nitrogens with zero attached hydrogens (tertiary/aromatic N) is 2. The smallest absolute Gasteiger partial charge is 0.334 e. The fourth-order valence-corrected chi connectivity index (χ4v) is 2.04. The van der Waals surface area contributed by atoms with Crippen molar-refractivity contribution in [2.24, 2.45) is 0 Å². The van der Waals surface area contributed by atoms with Crippen LogP contribution in [0.15, 0.2) is 18.2 Å². The first-order valence-corrected chi connectivity index (χ1v) is 5.78. The molecule has 1 N–H and O–H groups in total. The molecule has 18 heavy (non-hydrogen) atoms. The molecule has 1 atom stereocenters. The first-order valence-electron chi connectivity index (χ1n) is 5.41. The third-order valence-electron chi connectivity index (χ3n) is 2.78. The van der Waals surface area contributed by atoms with Crippen LogP contribution in [-0.4, -0.2) is 36.9 Å². The van der Waals surface area contributed by atoms with Crippen molar-refractivity contribution in [3.63, 3.8) is 0 Å². The van der Waals surface area contributed by atoms with Gasteiger partial charge in [-0.15, -0.1) is 0 Å². The Bertz CT molecular complexity index is 513. The number of hydrogen-bond donors (Lipinski definition) is 1. The largest absolute Gasteiger partial charge is 0.479 e. The minimum absolute atomic E-state index is 0.275. The van der Waals surface area contributed by atoms with Crippen LogP contribution < -0.4 is 4.90 Å². The highest BCUT2D eigenvalue weighted by atomic mass is 35.5. The molecule has 0 aromatic heterocycles. The van der Waals surface area contributed by atoms with Crippen LogP contribution in [-0.2, 0) is 9.53 Å². The van der Waals surface area contributed by atoms with Gasteiger partial charge < -0.3 is 14.7 Å². The van der Waals surface area contributed by atoms with Gasteiger partial charge in [-0.3, -0.25) is 0 Å². The van der Waals surface area contributed by atoms with Gasteiger partial charge in [0.25, 0.3) is 0 Å². The van der Waals surface area contributed by atoms with E-state index in [9.17, 15) is 4.79 Å². The zero-order valence-corrected chi connectivity index (χ0v) is 10.2. The SMILES string of the molecule is N#Cc1ccc(N2CCOC(C(=O)O)C2)cc1Cl. The highest BCUT2D eigenvalue weighted by Crippen LogP contribution is 2.24. The third kappa shape index (κ3) is 2.55. The number of nitriles is 1. The van der Waals surface area contributed by atoms with Crippen molar-refractivity contribution < 1.29 is 14.6 Å². The normalized spacial score (nSPS) is 19.3. The molecular formula is C12H11ClN2O3. The van der Waals surface area contributed by atoms with Crippen LogP contribution in [0.5, 0.6) is 0 Å². The Balaban J connectivity index is 2.19. The number of morpholine rings is 1. The van der Waals surface area contributed by atoms with Gasteiger partial charge in [0.1, 0.15) is 6.07 Å². The van der Waals surface area contributed by atoms with E-state index < -0.39 is 12.1 Å². The molecule has 0 amide bonds. The van der Waals surface area contributed by atoms with E-state index in [2.05, 4.69) is 0 Å². The second-order valence-corrected chi connectivity index (χ2v) is 4.33. The van der Waals surface area contributed by atoms with Crippen molar-refractivity contribution in [1.82, 2.24) is 0 Å². The average Bonchev–Trinajstić information content (AvgIpc) is 2.38. The summed E-state index contributed by atoms with van der Waals surface area (Å²) in [5.41, 5.74) is 1.21. The zero-order valence-electron chi connectivity index (χ0n) is 9.47. The number of anilines is 1. The zero-order chi connectivity index (χ0) is 13.1.